The summed E-state index contributed by atoms with van der Waals surface area (Å²) in [6.45, 7) is 2.40. The molecular weight excluding hydrogens is 695 g/mol. The van der Waals surface area contributed by atoms with Crippen LogP contribution in [0, 0.1) is 0 Å². The van der Waals surface area contributed by atoms with E-state index >= 15 is 0 Å². The molecule has 264 valence electrons. The zero-order valence-electron chi connectivity index (χ0n) is 31.0. The maximum Gasteiger partial charge on any atom is 0.0543 e. The number of anilines is 3. The maximum absolute atomic E-state index is 2.48. The average molecular weight is 732 g/mol. The largest absolute Gasteiger partial charge is 0.310 e. The first-order valence-electron chi connectivity index (χ1n) is 19.3. The van der Waals surface area contributed by atoms with Crippen LogP contribution in [0.4, 0.5) is 17.1 Å². The average Bonchev–Trinajstić information content (AvgIpc) is 3.78. The molecule has 56 heavy (non-hydrogen) atoms. The molecule has 0 bridgehead atoms. The quantitative estimate of drug-likeness (QED) is 0.165. The summed E-state index contributed by atoms with van der Waals surface area (Å²) in [5.74, 6) is 0. The van der Waals surface area contributed by atoms with E-state index in [1.807, 2.05) is 11.3 Å². The van der Waals surface area contributed by atoms with E-state index in [-0.39, 0.29) is 5.41 Å². The summed E-state index contributed by atoms with van der Waals surface area (Å²) in [5, 5.41) is 5.15. The highest BCUT2D eigenvalue weighted by molar-refractivity contribution is 7.26. The normalized spacial score (nSPS) is 14.6. The van der Waals surface area contributed by atoms with Crippen molar-refractivity contribution >= 4 is 59.3 Å². The van der Waals surface area contributed by atoms with E-state index in [1.54, 1.807) is 0 Å². The van der Waals surface area contributed by atoms with Crippen LogP contribution in [-0.4, -0.2) is 0 Å². The van der Waals surface area contributed by atoms with Gasteiger partial charge >= 0.3 is 0 Å². The Hall–Kier alpha value is -6.74. The fourth-order valence-electron chi connectivity index (χ4n) is 9.27. The van der Waals surface area contributed by atoms with Gasteiger partial charge in [-0.05, 0) is 98.6 Å². The molecule has 0 radical (unpaired) electrons. The van der Waals surface area contributed by atoms with Gasteiger partial charge in [0, 0.05) is 42.5 Å². The highest BCUT2D eigenvalue weighted by Crippen LogP contribution is 2.57. The fraction of sp³-hybridized carbons (Fsp3) is 0.0370. The Bertz CT molecular complexity index is 3100. The molecule has 2 heteroatoms. The van der Waals surface area contributed by atoms with Crippen molar-refractivity contribution in [3.05, 3.63) is 223 Å². The van der Waals surface area contributed by atoms with Gasteiger partial charge in [-0.15, -0.1) is 11.3 Å². The minimum absolute atomic E-state index is 0.300. The molecule has 0 amide bonds. The Balaban J connectivity index is 1.13. The standard InChI is InChI=1S/C54H37NS/c1-54(39-18-3-2-4-19-39)48-27-9-7-23-47(48)52-49(54)28-14-29-50(52)55(40-33-31-37(32-34-40)43-24-12-16-36-15-5-6-21-42(36)43)41-20-11-17-38(35-41)44-25-13-26-46-45-22-8-10-30-51(45)56-53(44)46/h2-35H,1H3. The molecule has 0 saturated carbocycles. The molecule has 9 aromatic carbocycles. The van der Waals surface area contributed by atoms with Crippen molar-refractivity contribution in [2.24, 2.45) is 0 Å². The molecule has 0 fully saturated rings. The first-order chi connectivity index (χ1) is 27.7. The van der Waals surface area contributed by atoms with Crippen LogP contribution in [0.2, 0.25) is 0 Å². The van der Waals surface area contributed by atoms with Crippen molar-refractivity contribution in [3.8, 4) is 33.4 Å². The second kappa shape index (κ2) is 12.9. The number of hydrogen-bond donors (Lipinski definition) is 0. The van der Waals surface area contributed by atoms with Gasteiger partial charge in [0.2, 0.25) is 0 Å². The van der Waals surface area contributed by atoms with E-state index in [0.717, 1.165) is 11.4 Å². The Kier molecular flexibility index (Phi) is 7.55. The Labute approximate surface area is 331 Å². The number of rotatable bonds is 6. The lowest BCUT2D eigenvalue weighted by Gasteiger charge is -2.31. The summed E-state index contributed by atoms with van der Waals surface area (Å²) >= 11 is 1.88. The molecule has 0 saturated heterocycles. The highest BCUT2D eigenvalue weighted by Gasteiger charge is 2.42. The monoisotopic (exact) mass is 731 g/mol. The van der Waals surface area contributed by atoms with Gasteiger partial charge in [0.1, 0.15) is 0 Å². The van der Waals surface area contributed by atoms with Gasteiger partial charge in [-0.25, -0.2) is 0 Å². The Morgan fingerprint density at radius 3 is 1.96 bits per heavy atom. The molecule has 1 unspecified atom stereocenters. The Morgan fingerprint density at radius 1 is 0.429 bits per heavy atom. The molecule has 0 N–H and O–H groups in total. The lowest BCUT2D eigenvalue weighted by atomic mass is 9.74. The molecule has 1 aromatic heterocycles. The van der Waals surface area contributed by atoms with E-state index in [9.17, 15) is 0 Å². The lowest BCUT2D eigenvalue weighted by Crippen LogP contribution is -2.22. The summed E-state index contributed by atoms with van der Waals surface area (Å²) in [6, 6.07) is 76.0. The SMILES string of the molecule is CC1(c2ccccc2)c2ccccc2-c2c(N(c3ccc(-c4cccc5ccccc45)cc3)c3cccc(-c4cccc5c4sc4ccccc45)c3)cccc21. The predicted molar refractivity (Wildman–Crippen MR) is 240 cm³/mol. The third-order valence-electron chi connectivity index (χ3n) is 12.0. The van der Waals surface area contributed by atoms with Crippen LogP contribution in [0.25, 0.3) is 64.3 Å². The Morgan fingerprint density at radius 2 is 1.07 bits per heavy atom. The summed E-state index contributed by atoms with van der Waals surface area (Å²) in [5.41, 5.74) is 14.6. The van der Waals surface area contributed by atoms with Crippen molar-refractivity contribution in [1.29, 1.82) is 0 Å². The van der Waals surface area contributed by atoms with Crippen molar-refractivity contribution in [2.75, 3.05) is 4.90 Å². The third-order valence-corrected chi connectivity index (χ3v) is 13.2. The van der Waals surface area contributed by atoms with Crippen LogP contribution in [0.3, 0.4) is 0 Å². The van der Waals surface area contributed by atoms with Gasteiger partial charge in [0.15, 0.2) is 0 Å². The van der Waals surface area contributed by atoms with Gasteiger partial charge in [0.25, 0.3) is 0 Å². The number of nitrogens with zero attached hydrogens (tertiary/aromatic N) is 1. The van der Waals surface area contributed by atoms with Crippen LogP contribution < -0.4 is 4.90 Å². The molecular formula is C54H37NS. The zero-order chi connectivity index (χ0) is 37.2. The van der Waals surface area contributed by atoms with Crippen molar-refractivity contribution < 1.29 is 0 Å². The van der Waals surface area contributed by atoms with E-state index in [4.69, 9.17) is 0 Å². The topological polar surface area (TPSA) is 3.24 Å². The molecule has 1 nitrogen and oxygen atoms in total. The third kappa shape index (κ3) is 5.00. The molecule has 0 aliphatic heterocycles. The molecule has 0 spiro atoms. The number of benzene rings is 9. The molecule has 1 aliphatic rings. The maximum atomic E-state index is 2.48. The van der Waals surface area contributed by atoms with E-state index in [2.05, 4.69) is 218 Å². The van der Waals surface area contributed by atoms with E-state index < -0.39 is 0 Å². The first kappa shape index (κ1) is 32.7. The second-order valence-corrected chi connectivity index (χ2v) is 16.0. The minimum Gasteiger partial charge on any atom is -0.310 e. The minimum atomic E-state index is -0.300. The first-order valence-corrected chi connectivity index (χ1v) is 20.2. The van der Waals surface area contributed by atoms with Crippen LogP contribution in [0.5, 0.6) is 0 Å². The summed E-state index contributed by atoms with van der Waals surface area (Å²) in [6.07, 6.45) is 0. The molecule has 1 aliphatic carbocycles. The van der Waals surface area contributed by atoms with Crippen molar-refractivity contribution in [1.82, 2.24) is 0 Å². The molecule has 1 atom stereocenters. The number of fused-ring (bicyclic) bond motifs is 7. The fourth-order valence-corrected chi connectivity index (χ4v) is 10.5. The van der Waals surface area contributed by atoms with E-state index in [1.165, 1.54) is 86.7 Å². The summed E-state index contributed by atoms with van der Waals surface area (Å²) in [4.78, 5) is 2.48. The summed E-state index contributed by atoms with van der Waals surface area (Å²) < 4.78 is 2.64. The van der Waals surface area contributed by atoms with Crippen LogP contribution in [-0.2, 0) is 5.41 Å². The molecule has 10 aromatic rings. The lowest BCUT2D eigenvalue weighted by molar-refractivity contribution is 0.714. The smallest absolute Gasteiger partial charge is 0.0543 e. The highest BCUT2D eigenvalue weighted by atomic mass is 32.1. The van der Waals surface area contributed by atoms with Gasteiger partial charge < -0.3 is 4.90 Å². The van der Waals surface area contributed by atoms with Gasteiger partial charge in [-0.3, -0.25) is 0 Å². The molecule has 11 rings (SSSR count). The van der Waals surface area contributed by atoms with Gasteiger partial charge in [-0.2, -0.15) is 0 Å². The van der Waals surface area contributed by atoms with Crippen LogP contribution >= 0.6 is 11.3 Å². The van der Waals surface area contributed by atoms with Gasteiger partial charge in [-0.1, -0.05) is 170 Å². The zero-order valence-corrected chi connectivity index (χ0v) is 31.8. The number of hydrogen-bond acceptors (Lipinski definition) is 2. The molecule has 1 heterocycles. The van der Waals surface area contributed by atoms with Crippen LogP contribution in [0.15, 0.2) is 206 Å². The van der Waals surface area contributed by atoms with E-state index in [0.29, 0.717) is 0 Å². The van der Waals surface area contributed by atoms with Crippen molar-refractivity contribution in [3.63, 3.8) is 0 Å². The second-order valence-electron chi connectivity index (χ2n) is 15.0. The predicted octanol–water partition coefficient (Wildman–Crippen LogP) is 15.3. The number of thiophene rings is 1. The van der Waals surface area contributed by atoms with Crippen LogP contribution in [0.1, 0.15) is 23.6 Å². The van der Waals surface area contributed by atoms with Gasteiger partial charge in [0.05, 0.1) is 5.69 Å². The summed E-state index contributed by atoms with van der Waals surface area (Å²) in [7, 11) is 0. The van der Waals surface area contributed by atoms with Crippen molar-refractivity contribution in [2.45, 2.75) is 12.3 Å².